The van der Waals surface area contributed by atoms with Crippen LogP contribution in [-0.2, 0) is 14.6 Å². The summed E-state index contributed by atoms with van der Waals surface area (Å²) >= 11 is 3.51. The molecule has 0 heterocycles. The average Bonchev–Trinajstić information content (AvgIpc) is 2.34. The zero-order valence-corrected chi connectivity index (χ0v) is 13.4. The largest absolute Gasteiger partial charge is 0.355 e. The van der Waals surface area contributed by atoms with E-state index in [1.807, 2.05) is 0 Å². The fraction of sp³-hybridized carbons (Fsp3) is 0.917. The van der Waals surface area contributed by atoms with Gasteiger partial charge in [0.15, 0.2) is 9.84 Å². The van der Waals surface area contributed by atoms with Crippen molar-refractivity contribution in [2.75, 3.05) is 18.1 Å². The van der Waals surface area contributed by atoms with Gasteiger partial charge in [0.25, 0.3) is 0 Å². The summed E-state index contributed by atoms with van der Waals surface area (Å²) in [5, 5.41) is 2.78. The van der Waals surface area contributed by atoms with Gasteiger partial charge in [-0.25, -0.2) is 8.42 Å². The van der Waals surface area contributed by atoms with E-state index in [1.165, 1.54) is 26.2 Å². The number of carbonyl (C=O) groups is 1. The van der Waals surface area contributed by atoms with E-state index in [4.69, 9.17) is 0 Å². The van der Waals surface area contributed by atoms with Crippen LogP contribution in [0.2, 0.25) is 0 Å². The highest BCUT2D eigenvalue weighted by molar-refractivity contribution is 9.09. The molecule has 106 valence electrons. The summed E-state index contributed by atoms with van der Waals surface area (Å²) in [5.74, 6) is 0.679. The highest BCUT2D eigenvalue weighted by atomic mass is 79.9. The van der Waals surface area contributed by atoms with Crippen LogP contribution >= 0.6 is 15.9 Å². The molecule has 18 heavy (non-hydrogen) atoms. The van der Waals surface area contributed by atoms with Crippen molar-refractivity contribution in [2.45, 2.75) is 37.9 Å². The Bertz CT molecular complexity index is 383. The van der Waals surface area contributed by atoms with E-state index in [0.717, 1.165) is 18.0 Å². The van der Waals surface area contributed by atoms with Gasteiger partial charge < -0.3 is 5.32 Å². The molecule has 0 aromatic carbocycles. The highest BCUT2D eigenvalue weighted by Gasteiger charge is 2.27. The van der Waals surface area contributed by atoms with E-state index in [1.54, 1.807) is 0 Å². The first-order chi connectivity index (χ1) is 8.36. The molecule has 1 aliphatic rings. The molecule has 0 spiro atoms. The van der Waals surface area contributed by atoms with Gasteiger partial charge in [0.05, 0.1) is 0 Å². The summed E-state index contributed by atoms with van der Waals surface area (Å²) in [6.07, 6.45) is 5.85. The molecule has 3 atom stereocenters. The van der Waals surface area contributed by atoms with Crippen LogP contribution in [0.25, 0.3) is 0 Å². The van der Waals surface area contributed by atoms with Crippen LogP contribution < -0.4 is 5.32 Å². The van der Waals surface area contributed by atoms with Gasteiger partial charge in [0.1, 0.15) is 5.25 Å². The summed E-state index contributed by atoms with van der Waals surface area (Å²) in [5.41, 5.74) is 0. The normalized spacial score (nSPS) is 26.6. The lowest BCUT2D eigenvalue weighted by Gasteiger charge is -2.30. The van der Waals surface area contributed by atoms with Crippen molar-refractivity contribution < 1.29 is 13.2 Å². The number of hydrogen-bond acceptors (Lipinski definition) is 3. The molecule has 0 aliphatic heterocycles. The lowest BCUT2D eigenvalue weighted by molar-refractivity contribution is -0.120. The van der Waals surface area contributed by atoms with Gasteiger partial charge in [0.2, 0.25) is 5.91 Å². The predicted molar refractivity (Wildman–Crippen MR) is 76.6 cm³/mol. The number of sulfone groups is 1. The standard InChI is InChI=1S/C12H22BrNO3S/c1-9(18(2,16)17)12(15)14-8-11-6-4-3-5-10(11)7-13/h9-11H,3-8H2,1-2H3,(H,14,15). The Hall–Kier alpha value is -0.100. The molecule has 1 rings (SSSR count). The Balaban J connectivity index is 2.46. The minimum atomic E-state index is -3.30. The maximum Gasteiger partial charge on any atom is 0.238 e. The van der Waals surface area contributed by atoms with E-state index < -0.39 is 15.1 Å². The maximum absolute atomic E-state index is 11.7. The minimum absolute atomic E-state index is 0.378. The molecule has 6 heteroatoms. The predicted octanol–water partition coefficient (Wildman–Crippen LogP) is 1.74. The molecule has 0 aromatic heterocycles. The molecule has 1 amide bonds. The van der Waals surface area contributed by atoms with Gasteiger partial charge in [-0.05, 0) is 31.6 Å². The zero-order chi connectivity index (χ0) is 13.8. The van der Waals surface area contributed by atoms with Crippen LogP contribution in [0.3, 0.4) is 0 Å². The Morgan fingerprint density at radius 1 is 1.33 bits per heavy atom. The molecule has 0 bridgehead atoms. The second kappa shape index (κ2) is 6.89. The number of hydrogen-bond donors (Lipinski definition) is 1. The third kappa shape index (κ3) is 4.53. The van der Waals surface area contributed by atoms with Crippen molar-refractivity contribution in [1.82, 2.24) is 5.32 Å². The fourth-order valence-electron chi connectivity index (χ4n) is 2.33. The first kappa shape index (κ1) is 16.0. The fourth-order valence-corrected chi connectivity index (χ4v) is 3.65. The van der Waals surface area contributed by atoms with Crippen LogP contribution in [0, 0.1) is 11.8 Å². The Morgan fingerprint density at radius 3 is 2.39 bits per heavy atom. The van der Waals surface area contributed by atoms with E-state index >= 15 is 0 Å². The van der Waals surface area contributed by atoms with Crippen molar-refractivity contribution in [3.05, 3.63) is 0 Å². The third-order valence-electron chi connectivity index (χ3n) is 3.81. The summed E-state index contributed by atoms with van der Waals surface area (Å²) in [7, 11) is -3.30. The molecule has 1 N–H and O–H groups in total. The van der Waals surface area contributed by atoms with Crippen molar-refractivity contribution in [3.8, 4) is 0 Å². The minimum Gasteiger partial charge on any atom is -0.355 e. The number of rotatable bonds is 5. The Morgan fingerprint density at radius 2 is 1.89 bits per heavy atom. The van der Waals surface area contributed by atoms with Gasteiger partial charge in [-0.15, -0.1) is 0 Å². The number of amides is 1. The highest BCUT2D eigenvalue weighted by Crippen LogP contribution is 2.30. The molecule has 0 saturated heterocycles. The lowest BCUT2D eigenvalue weighted by Crippen LogP contribution is -2.41. The number of nitrogens with one attached hydrogen (secondary N) is 1. The van der Waals surface area contributed by atoms with Gasteiger partial charge in [-0.2, -0.15) is 0 Å². The van der Waals surface area contributed by atoms with Crippen molar-refractivity contribution in [2.24, 2.45) is 11.8 Å². The number of halogens is 1. The zero-order valence-electron chi connectivity index (χ0n) is 11.0. The Labute approximate surface area is 118 Å². The molecular weight excluding hydrogens is 318 g/mol. The quantitative estimate of drug-likeness (QED) is 0.776. The molecule has 0 radical (unpaired) electrons. The van der Waals surface area contributed by atoms with Crippen LogP contribution in [0.15, 0.2) is 0 Å². The van der Waals surface area contributed by atoms with Crippen molar-refractivity contribution >= 4 is 31.7 Å². The first-order valence-electron chi connectivity index (χ1n) is 6.38. The van der Waals surface area contributed by atoms with Crippen LogP contribution in [0.4, 0.5) is 0 Å². The van der Waals surface area contributed by atoms with Crippen molar-refractivity contribution in [1.29, 1.82) is 0 Å². The molecule has 0 aromatic rings. The summed E-state index contributed by atoms with van der Waals surface area (Å²) in [4.78, 5) is 11.7. The average molecular weight is 340 g/mol. The van der Waals surface area contributed by atoms with Gasteiger partial charge in [-0.3, -0.25) is 4.79 Å². The summed E-state index contributed by atoms with van der Waals surface area (Å²) in [6, 6.07) is 0. The van der Waals surface area contributed by atoms with E-state index in [2.05, 4.69) is 21.2 Å². The molecule has 1 aliphatic carbocycles. The van der Waals surface area contributed by atoms with E-state index in [-0.39, 0.29) is 5.91 Å². The van der Waals surface area contributed by atoms with Gasteiger partial charge in [-0.1, -0.05) is 28.8 Å². The molecule has 4 nitrogen and oxygen atoms in total. The monoisotopic (exact) mass is 339 g/mol. The summed E-state index contributed by atoms with van der Waals surface area (Å²) in [6.45, 7) is 2.03. The van der Waals surface area contributed by atoms with Crippen LogP contribution in [-0.4, -0.2) is 37.7 Å². The van der Waals surface area contributed by atoms with E-state index in [0.29, 0.717) is 18.4 Å². The third-order valence-corrected chi connectivity index (χ3v) is 6.14. The van der Waals surface area contributed by atoms with E-state index in [9.17, 15) is 13.2 Å². The van der Waals surface area contributed by atoms with Crippen LogP contribution in [0.1, 0.15) is 32.6 Å². The lowest BCUT2D eigenvalue weighted by atomic mass is 9.80. The maximum atomic E-state index is 11.7. The molecule has 3 unspecified atom stereocenters. The topological polar surface area (TPSA) is 63.2 Å². The van der Waals surface area contributed by atoms with Gasteiger partial charge >= 0.3 is 0 Å². The first-order valence-corrected chi connectivity index (χ1v) is 9.46. The van der Waals surface area contributed by atoms with Crippen molar-refractivity contribution in [3.63, 3.8) is 0 Å². The van der Waals surface area contributed by atoms with Gasteiger partial charge in [0, 0.05) is 18.1 Å². The van der Waals surface area contributed by atoms with Crippen LogP contribution in [0.5, 0.6) is 0 Å². The smallest absolute Gasteiger partial charge is 0.238 e. The molecular formula is C12H22BrNO3S. The molecule has 1 fully saturated rings. The number of carbonyl (C=O) groups excluding carboxylic acids is 1. The second-order valence-electron chi connectivity index (χ2n) is 5.18. The second-order valence-corrected chi connectivity index (χ2v) is 8.19. The summed E-state index contributed by atoms with van der Waals surface area (Å²) < 4.78 is 22.6. The number of alkyl halides is 1. The molecule has 1 saturated carbocycles. The SMILES string of the molecule is CC(C(=O)NCC1CCCCC1CBr)S(C)(=O)=O. The Kier molecular flexibility index (Phi) is 6.11.